The smallest absolute Gasteiger partial charge is 0.326 e. The van der Waals surface area contributed by atoms with Crippen LogP contribution in [0.2, 0.25) is 0 Å². The summed E-state index contributed by atoms with van der Waals surface area (Å²) >= 11 is 0. The monoisotopic (exact) mass is 774 g/mol. The third-order valence-electron chi connectivity index (χ3n) is 7.78. The molecule has 22 nitrogen and oxygen atoms in total. The number of nitrogens with one attached hydrogen (secondary N) is 6. The Hall–Kier alpha value is -5.38. The lowest BCUT2D eigenvalue weighted by Crippen LogP contribution is -2.60. The highest BCUT2D eigenvalue weighted by Crippen LogP contribution is 2.09. The number of rotatable bonds is 26. The summed E-state index contributed by atoms with van der Waals surface area (Å²) in [5, 5.41) is 51.0. The second-order valence-corrected chi connectivity index (χ2v) is 13.3. The van der Waals surface area contributed by atoms with Crippen LogP contribution in [-0.4, -0.2) is 129 Å². The van der Waals surface area contributed by atoms with Gasteiger partial charge in [-0.15, -0.1) is 0 Å². The number of carboxylic acid groups (broad SMARTS) is 3. The zero-order valence-electron chi connectivity index (χ0n) is 30.9. The van der Waals surface area contributed by atoms with Crippen molar-refractivity contribution in [2.45, 2.75) is 122 Å². The van der Waals surface area contributed by atoms with Crippen LogP contribution < -0.4 is 43.4 Å². The predicted octanol–water partition coefficient (Wildman–Crippen LogP) is -3.98. The summed E-state index contributed by atoms with van der Waals surface area (Å²) in [7, 11) is 0. The molecule has 7 atom stereocenters. The van der Waals surface area contributed by atoms with E-state index in [1.807, 2.05) is 0 Å². The number of aliphatic hydroxyl groups excluding tert-OH is 1. The van der Waals surface area contributed by atoms with E-state index in [1.165, 1.54) is 6.92 Å². The molecule has 0 radical (unpaired) electrons. The zero-order chi connectivity index (χ0) is 41.9. The molecule has 0 aliphatic carbocycles. The lowest BCUT2D eigenvalue weighted by Gasteiger charge is -2.27. The second kappa shape index (κ2) is 24.0. The van der Waals surface area contributed by atoms with Gasteiger partial charge in [0.1, 0.15) is 36.3 Å². The predicted molar refractivity (Wildman–Crippen MR) is 186 cm³/mol. The first kappa shape index (κ1) is 48.6. The Labute approximate surface area is 311 Å². The minimum atomic E-state index is -1.70. The zero-order valence-corrected chi connectivity index (χ0v) is 30.9. The van der Waals surface area contributed by atoms with Gasteiger partial charge in [-0.1, -0.05) is 27.7 Å². The van der Waals surface area contributed by atoms with Crippen LogP contribution in [0.25, 0.3) is 0 Å². The van der Waals surface area contributed by atoms with Crippen LogP contribution in [0.5, 0.6) is 0 Å². The van der Waals surface area contributed by atoms with Gasteiger partial charge < -0.3 is 63.8 Å². The molecule has 0 aromatic carbocycles. The summed E-state index contributed by atoms with van der Waals surface area (Å²) < 4.78 is 0. The van der Waals surface area contributed by atoms with Crippen molar-refractivity contribution >= 4 is 59.3 Å². The number of nitrogens with two attached hydrogens (primary N) is 2. The molecule has 0 aliphatic rings. The number of aliphatic carboxylic acids is 3. The van der Waals surface area contributed by atoms with E-state index in [1.54, 1.807) is 27.7 Å². The average molecular weight is 775 g/mol. The van der Waals surface area contributed by atoms with E-state index in [4.69, 9.17) is 16.6 Å². The fraction of sp³-hybridized carbons (Fsp3) is 0.688. The normalized spacial score (nSPS) is 14.9. The quantitative estimate of drug-likeness (QED) is 0.0399. The van der Waals surface area contributed by atoms with Crippen LogP contribution in [-0.2, 0) is 47.9 Å². The van der Waals surface area contributed by atoms with E-state index >= 15 is 0 Å². The number of carbonyl (C=O) groups excluding carboxylic acids is 7. The molecule has 0 unspecified atom stereocenters. The Balaban J connectivity index is 6.09. The second-order valence-electron chi connectivity index (χ2n) is 13.3. The van der Waals surface area contributed by atoms with Crippen molar-refractivity contribution in [3.63, 3.8) is 0 Å². The molecule has 306 valence electrons. The maximum atomic E-state index is 13.5. The number of carbonyl (C=O) groups is 10. The van der Waals surface area contributed by atoms with Gasteiger partial charge in [0.05, 0.1) is 12.6 Å². The maximum absolute atomic E-state index is 13.5. The number of aliphatic hydroxyl groups is 1. The van der Waals surface area contributed by atoms with Crippen molar-refractivity contribution in [2.75, 3.05) is 6.61 Å². The molecule has 22 heteroatoms. The standard InChI is InChI=1S/C32H54N8O14/c1-14(2)12-20(39-26(47)16(5)35-30(51)21(13-41)40-31(52)25(34)15(3)4)29(50)37-18(7-10-23(43)44)27(48)36-17(6-9-22(33)42)28(49)38-19(32(53)54)8-11-24(45)46/h14-21,25,41H,6-13,34H2,1-5H3,(H2,33,42)(H,35,51)(H,36,48)(H,37,50)(H,38,49)(H,39,47)(H,40,52)(H,43,44)(H,45,46)(H,53,54)/t16-,17-,18-,19-,20-,21-,25-/m0/s1. The van der Waals surface area contributed by atoms with Crippen molar-refractivity contribution in [3.05, 3.63) is 0 Å². The summed E-state index contributed by atoms with van der Waals surface area (Å²) in [5.74, 6) is -11.5. The lowest BCUT2D eigenvalue weighted by molar-refractivity contribution is -0.143. The summed E-state index contributed by atoms with van der Waals surface area (Å²) in [6.07, 6.45) is -3.32. The first-order chi connectivity index (χ1) is 25.0. The van der Waals surface area contributed by atoms with Crippen molar-refractivity contribution in [1.82, 2.24) is 31.9 Å². The van der Waals surface area contributed by atoms with Crippen LogP contribution in [0, 0.1) is 11.8 Å². The SMILES string of the molecule is CC(C)C[C@H](NC(=O)[C@H](C)NC(=O)[C@H](CO)NC(=O)[C@@H](N)C(C)C)C(=O)N[C@@H](CCC(=O)O)C(=O)N[C@@H](CCC(N)=O)C(=O)N[C@@H](CCC(=O)O)C(=O)O. The van der Waals surface area contributed by atoms with Gasteiger partial charge in [-0.3, -0.25) is 43.2 Å². The first-order valence-electron chi connectivity index (χ1n) is 17.1. The average Bonchev–Trinajstić information content (AvgIpc) is 3.06. The summed E-state index contributed by atoms with van der Waals surface area (Å²) in [4.78, 5) is 124. The van der Waals surface area contributed by atoms with E-state index < -0.39 is 147 Å². The van der Waals surface area contributed by atoms with Gasteiger partial charge in [-0.25, -0.2) is 4.79 Å². The summed E-state index contributed by atoms with van der Waals surface area (Å²) in [6.45, 7) is 7.17. The van der Waals surface area contributed by atoms with E-state index in [0.717, 1.165) is 0 Å². The topological polar surface area (TPSA) is 376 Å². The molecule has 7 amide bonds. The van der Waals surface area contributed by atoms with Crippen molar-refractivity contribution in [3.8, 4) is 0 Å². The van der Waals surface area contributed by atoms with Crippen LogP contribution >= 0.6 is 0 Å². The highest BCUT2D eigenvalue weighted by molar-refractivity contribution is 5.97. The summed E-state index contributed by atoms with van der Waals surface area (Å²) in [5.41, 5.74) is 11.0. The Morgan fingerprint density at radius 3 is 1.31 bits per heavy atom. The molecular weight excluding hydrogens is 720 g/mol. The number of carboxylic acids is 3. The Morgan fingerprint density at radius 1 is 0.519 bits per heavy atom. The van der Waals surface area contributed by atoms with Crippen molar-refractivity contribution < 1.29 is 68.4 Å². The van der Waals surface area contributed by atoms with E-state index in [0.29, 0.717) is 0 Å². The fourth-order valence-corrected chi connectivity index (χ4v) is 4.58. The van der Waals surface area contributed by atoms with Crippen molar-refractivity contribution in [1.29, 1.82) is 0 Å². The maximum Gasteiger partial charge on any atom is 0.326 e. The fourth-order valence-electron chi connectivity index (χ4n) is 4.58. The minimum absolute atomic E-state index is 0.0233. The van der Waals surface area contributed by atoms with E-state index in [2.05, 4.69) is 31.9 Å². The van der Waals surface area contributed by atoms with Gasteiger partial charge in [0.2, 0.25) is 41.4 Å². The summed E-state index contributed by atoms with van der Waals surface area (Å²) in [6, 6.07) is -10.1. The third-order valence-corrected chi connectivity index (χ3v) is 7.78. The minimum Gasteiger partial charge on any atom is -0.481 e. The largest absolute Gasteiger partial charge is 0.481 e. The van der Waals surface area contributed by atoms with Crippen molar-refractivity contribution in [2.24, 2.45) is 23.3 Å². The van der Waals surface area contributed by atoms with Gasteiger partial charge in [0.15, 0.2) is 0 Å². The van der Waals surface area contributed by atoms with Gasteiger partial charge in [0.25, 0.3) is 0 Å². The molecule has 0 saturated heterocycles. The molecule has 0 heterocycles. The number of hydrogen-bond donors (Lipinski definition) is 12. The van der Waals surface area contributed by atoms with Crippen LogP contribution in [0.4, 0.5) is 0 Å². The molecule has 0 spiro atoms. The molecular formula is C32H54N8O14. The van der Waals surface area contributed by atoms with Gasteiger partial charge in [-0.2, -0.15) is 0 Å². The molecule has 0 fully saturated rings. The lowest BCUT2D eigenvalue weighted by atomic mass is 10.0. The number of amides is 7. The van der Waals surface area contributed by atoms with Crippen LogP contribution in [0.1, 0.15) is 79.6 Å². The van der Waals surface area contributed by atoms with E-state index in [9.17, 15) is 63.3 Å². The first-order valence-corrected chi connectivity index (χ1v) is 17.1. The van der Waals surface area contributed by atoms with Crippen LogP contribution in [0.15, 0.2) is 0 Å². The molecule has 0 aromatic heterocycles. The van der Waals surface area contributed by atoms with Crippen LogP contribution in [0.3, 0.4) is 0 Å². The highest BCUT2D eigenvalue weighted by Gasteiger charge is 2.33. The molecule has 0 saturated carbocycles. The third kappa shape index (κ3) is 18.9. The molecule has 54 heavy (non-hydrogen) atoms. The van der Waals surface area contributed by atoms with Gasteiger partial charge in [-0.05, 0) is 44.4 Å². The molecule has 0 aromatic rings. The molecule has 0 aliphatic heterocycles. The Morgan fingerprint density at radius 2 is 0.907 bits per heavy atom. The highest BCUT2D eigenvalue weighted by atomic mass is 16.4. The molecule has 0 bridgehead atoms. The number of hydrogen-bond acceptors (Lipinski definition) is 12. The van der Waals surface area contributed by atoms with Gasteiger partial charge in [0, 0.05) is 19.3 Å². The Bertz CT molecular complexity index is 1370. The van der Waals surface area contributed by atoms with Gasteiger partial charge >= 0.3 is 17.9 Å². The molecule has 14 N–H and O–H groups in total. The van der Waals surface area contributed by atoms with E-state index in [-0.39, 0.29) is 18.3 Å². The number of primary amides is 1. The molecule has 0 rings (SSSR count). The Kier molecular flexibility index (Phi) is 21.6.